The molecule has 0 unspecified atom stereocenters. The van der Waals surface area contributed by atoms with Crippen molar-refractivity contribution in [2.45, 2.75) is 13.1 Å². The van der Waals surface area contributed by atoms with E-state index >= 15 is 0 Å². The predicted octanol–water partition coefficient (Wildman–Crippen LogP) is 5.97. The molecule has 5 aromatic rings. The molecule has 0 amide bonds. The zero-order chi connectivity index (χ0) is 25.3. The summed E-state index contributed by atoms with van der Waals surface area (Å²) in [5, 5.41) is 4.82. The van der Waals surface area contributed by atoms with Crippen LogP contribution in [0.2, 0.25) is 13.1 Å². The van der Waals surface area contributed by atoms with Crippen LogP contribution in [0.3, 0.4) is 0 Å². The van der Waals surface area contributed by atoms with Gasteiger partial charge >= 0.3 is 223 Å². The van der Waals surface area contributed by atoms with E-state index in [1.807, 2.05) is 42.5 Å². The number of anilines is 3. The molecular formula is C32H23NO2SeSi. The van der Waals surface area contributed by atoms with E-state index in [0.29, 0.717) is 11.1 Å². The number of hydrogen-bond donors (Lipinski definition) is 0. The average Bonchev–Trinajstić information content (AvgIpc) is 3.46. The minimum absolute atomic E-state index is 0.0453. The fourth-order valence-corrected chi connectivity index (χ4v) is 10.8. The van der Waals surface area contributed by atoms with Crippen LogP contribution in [0.1, 0.15) is 25.2 Å². The van der Waals surface area contributed by atoms with Crippen LogP contribution in [0, 0.1) is 0 Å². The number of para-hydroxylation sites is 2. The Morgan fingerprint density at radius 2 is 1.19 bits per heavy atom. The molecule has 1 aliphatic carbocycles. The van der Waals surface area contributed by atoms with Crippen LogP contribution in [-0.4, -0.2) is 34.1 Å². The maximum atomic E-state index is 13.3. The molecule has 1 aliphatic heterocycles. The predicted molar refractivity (Wildman–Crippen MR) is 155 cm³/mol. The van der Waals surface area contributed by atoms with Crippen molar-refractivity contribution >= 4 is 77.3 Å². The number of benzene rings is 4. The Morgan fingerprint density at radius 3 is 1.76 bits per heavy atom. The third-order valence-electron chi connectivity index (χ3n) is 7.62. The van der Waals surface area contributed by atoms with Crippen molar-refractivity contribution in [3.8, 4) is 0 Å². The molecule has 5 heteroatoms. The first kappa shape index (κ1) is 22.4. The van der Waals surface area contributed by atoms with E-state index in [0.717, 1.165) is 15.2 Å². The molecule has 7 rings (SSSR count). The first-order valence-electron chi connectivity index (χ1n) is 12.4. The van der Waals surface area contributed by atoms with Crippen LogP contribution >= 0.6 is 0 Å². The van der Waals surface area contributed by atoms with Gasteiger partial charge in [-0.2, -0.15) is 0 Å². The van der Waals surface area contributed by atoms with Crippen LogP contribution in [-0.2, 0) is 0 Å². The normalized spacial score (nSPS) is 15.5. The average molecular weight is 561 g/mol. The van der Waals surface area contributed by atoms with Gasteiger partial charge in [0.1, 0.15) is 0 Å². The number of Topliss-reactive ketones (excluding diaryl/α,β-unsaturated/α-hetero) is 2. The van der Waals surface area contributed by atoms with Crippen molar-refractivity contribution in [3.05, 3.63) is 118 Å². The summed E-state index contributed by atoms with van der Waals surface area (Å²) in [5.74, 6) is -0.338. The topological polar surface area (TPSA) is 37.4 Å². The number of ketones is 2. The van der Waals surface area contributed by atoms with E-state index in [4.69, 9.17) is 0 Å². The summed E-state index contributed by atoms with van der Waals surface area (Å²) in [7, 11) is -1.83. The molecule has 0 N–H and O–H groups in total. The van der Waals surface area contributed by atoms with Crippen molar-refractivity contribution in [3.63, 3.8) is 0 Å². The quantitative estimate of drug-likeness (QED) is 0.152. The van der Waals surface area contributed by atoms with Gasteiger partial charge in [0, 0.05) is 0 Å². The van der Waals surface area contributed by atoms with Gasteiger partial charge in [-0.3, -0.25) is 0 Å². The second-order valence-corrected chi connectivity index (χ2v) is 16.8. The van der Waals surface area contributed by atoms with Gasteiger partial charge in [-0.05, 0) is 0 Å². The first-order valence-corrected chi connectivity index (χ1v) is 17.1. The summed E-state index contributed by atoms with van der Waals surface area (Å²) >= 11 is -0.0453. The number of allylic oxidation sites excluding steroid dienone is 1. The molecule has 0 radical (unpaired) electrons. The third kappa shape index (κ3) is 3.32. The second-order valence-electron chi connectivity index (χ2n) is 10.1. The number of hydrogen-bond acceptors (Lipinski definition) is 3. The summed E-state index contributed by atoms with van der Waals surface area (Å²) in [5.41, 5.74) is 3.81. The molecule has 1 aromatic heterocycles. The Balaban J connectivity index is 1.31. The number of carbonyl (C=O) groups is 2. The molecule has 0 bridgehead atoms. The molecule has 0 saturated carbocycles. The van der Waals surface area contributed by atoms with Gasteiger partial charge in [0.25, 0.3) is 0 Å². The maximum absolute atomic E-state index is 13.3. The molecule has 2 aliphatic rings. The molecule has 0 saturated heterocycles. The number of rotatable bonds is 2. The monoisotopic (exact) mass is 561 g/mol. The SMILES string of the molecule is C[Si]1(C)c2ccccc2N(c2ccc(C=C3C(=O)c4cc5ccccc5cc4C3=O)[se]2)c2ccccc21. The van der Waals surface area contributed by atoms with E-state index in [-0.39, 0.29) is 31.6 Å². The van der Waals surface area contributed by atoms with Crippen LogP contribution < -0.4 is 15.3 Å². The minimum atomic E-state index is -1.83. The van der Waals surface area contributed by atoms with Crippen LogP contribution in [0.4, 0.5) is 15.9 Å². The zero-order valence-corrected chi connectivity index (χ0v) is 23.2. The van der Waals surface area contributed by atoms with Crippen LogP contribution in [0.15, 0.2) is 103 Å². The zero-order valence-electron chi connectivity index (χ0n) is 20.5. The number of fused-ring (bicyclic) bond motifs is 4. The van der Waals surface area contributed by atoms with E-state index in [9.17, 15) is 9.59 Å². The Labute approximate surface area is 222 Å². The van der Waals surface area contributed by atoms with E-state index in [2.05, 4.69) is 78.7 Å². The number of nitrogens with zero attached hydrogens (tertiary/aromatic N) is 1. The number of carbonyl (C=O) groups excluding carboxylic acids is 2. The van der Waals surface area contributed by atoms with Crippen molar-refractivity contribution < 1.29 is 9.59 Å². The summed E-state index contributed by atoms with van der Waals surface area (Å²) in [6.07, 6.45) is 1.83. The molecule has 178 valence electrons. The van der Waals surface area contributed by atoms with E-state index < -0.39 is 8.07 Å². The van der Waals surface area contributed by atoms with E-state index in [1.54, 1.807) is 0 Å². The fraction of sp³-hybridized carbons (Fsp3) is 0.0625. The van der Waals surface area contributed by atoms with Crippen LogP contribution in [0.5, 0.6) is 0 Å². The molecular weight excluding hydrogens is 537 g/mol. The molecule has 2 heterocycles. The van der Waals surface area contributed by atoms with Gasteiger partial charge in [-0.15, -0.1) is 0 Å². The third-order valence-corrected chi connectivity index (χ3v) is 13.3. The van der Waals surface area contributed by atoms with Gasteiger partial charge < -0.3 is 0 Å². The first-order chi connectivity index (χ1) is 17.9. The van der Waals surface area contributed by atoms with Gasteiger partial charge in [0.2, 0.25) is 0 Å². The van der Waals surface area contributed by atoms with Crippen molar-refractivity contribution in [2.24, 2.45) is 0 Å². The second kappa shape index (κ2) is 8.12. The summed E-state index contributed by atoms with van der Waals surface area (Å²) in [6, 6.07) is 33.3. The van der Waals surface area contributed by atoms with Gasteiger partial charge in [0.15, 0.2) is 0 Å². The Morgan fingerprint density at radius 1 is 0.676 bits per heavy atom. The Bertz CT molecular complexity index is 1710. The van der Waals surface area contributed by atoms with Crippen molar-refractivity contribution in [1.29, 1.82) is 0 Å². The summed E-state index contributed by atoms with van der Waals surface area (Å²) < 4.78 is 2.25. The molecule has 3 nitrogen and oxygen atoms in total. The van der Waals surface area contributed by atoms with Crippen molar-refractivity contribution in [1.82, 2.24) is 0 Å². The van der Waals surface area contributed by atoms with Crippen LogP contribution in [0.25, 0.3) is 16.8 Å². The molecule has 0 atom stereocenters. The van der Waals surface area contributed by atoms with Gasteiger partial charge in [-0.1, -0.05) is 0 Å². The Kier molecular flexibility index (Phi) is 4.92. The molecule has 37 heavy (non-hydrogen) atoms. The standard InChI is InChI=1S/C32H23NO2SeSi/c1-37(2)28-13-7-5-11-26(28)33(27-12-6-8-14-29(27)37)30-16-15-22(36-30)19-25-31(34)23-17-20-9-3-4-10-21(20)18-24(23)32(25)35/h3-19H,1-2H3. The molecule has 0 spiro atoms. The molecule has 0 fully saturated rings. The molecule has 4 aromatic carbocycles. The summed E-state index contributed by atoms with van der Waals surface area (Å²) in [6.45, 7) is 4.84. The summed E-state index contributed by atoms with van der Waals surface area (Å²) in [4.78, 5) is 29.0. The Hall–Kier alpha value is -3.76. The van der Waals surface area contributed by atoms with Gasteiger partial charge in [0.05, 0.1) is 0 Å². The van der Waals surface area contributed by atoms with Crippen molar-refractivity contribution in [2.75, 3.05) is 4.90 Å². The van der Waals surface area contributed by atoms with E-state index in [1.165, 1.54) is 26.3 Å². The van der Waals surface area contributed by atoms with Gasteiger partial charge in [-0.25, -0.2) is 0 Å². The fourth-order valence-electron chi connectivity index (χ4n) is 5.73.